The van der Waals surface area contributed by atoms with Crippen LogP contribution in [0.25, 0.3) is 11.3 Å². The van der Waals surface area contributed by atoms with Crippen LogP contribution < -0.4 is 20.1 Å². The van der Waals surface area contributed by atoms with Crippen molar-refractivity contribution in [2.45, 2.75) is 12.5 Å². The van der Waals surface area contributed by atoms with E-state index in [9.17, 15) is 9.59 Å². The van der Waals surface area contributed by atoms with Crippen molar-refractivity contribution >= 4 is 34.9 Å². The van der Waals surface area contributed by atoms with Crippen molar-refractivity contribution in [1.82, 2.24) is 9.78 Å². The number of amides is 2. The van der Waals surface area contributed by atoms with Gasteiger partial charge in [-0.05, 0) is 12.1 Å². The highest BCUT2D eigenvalue weighted by Gasteiger charge is 2.32. The van der Waals surface area contributed by atoms with Crippen LogP contribution in [0.4, 0.5) is 11.5 Å². The standard InChI is InChI=1S/C21H19ClN4O4/c1-29-15-7-14(8-16(9-15)30-2)23-21(28)18-11-20(27)24-19-10-17(25-26(18)19)12-3-5-13(22)6-4-12/h3-10,18H,11H2,1-2H3,(H,23,28)(H,24,27)/t18-/m0/s1. The molecule has 0 saturated carbocycles. The number of hydrogen-bond donors (Lipinski definition) is 2. The Kier molecular flexibility index (Phi) is 5.33. The van der Waals surface area contributed by atoms with Crippen molar-refractivity contribution in [2.24, 2.45) is 0 Å². The van der Waals surface area contributed by atoms with Gasteiger partial charge in [0.2, 0.25) is 11.8 Å². The van der Waals surface area contributed by atoms with Gasteiger partial charge in [-0.2, -0.15) is 5.10 Å². The summed E-state index contributed by atoms with van der Waals surface area (Å²) in [6.45, 7) is 0. The lowest BCUT2D eigenvalue weighted by atomic mass is 10.1. The molecule has 30 heavy (non-hydrogen) atoms. The molecule has 3 aromatic rings. The number of carbonyl (C=O) groups is 2. The Morgan fingerprint density at radius 2 is 1.80 bits per heavy atom. The van der Waals surface area contributed by atoms with Gasteiger partial charge in [0, 0.05) is 40.5 Å². The summed E-state index contributed by atoms with van der Waals surface area (Å²) >= 11 is 5.95. The Hall–Kier alpha value is -3.52. The summed E-state index contributed by atoms with van der Waals surface area (Å²) in [4.78, 5) is 25.2. The molecule has 2 N–H and O–H groups in total. The number of carbonyl (C=O) groups excluding carboxylic acids is 2. The first-order valence-corrected chi connectivity index (χ1v) is 9.54. The highest BCUT2D eigenvalue weighted by atomic mass is 35.5. The number of aromatic nitrogens is 2. The molecule has 1 atom stereocenters. The van der Waals surface area contributed by atoms with Gasteiger partial charge in [0.15, 0.2) is 0 Å². The summed E-state index contributed by atoms with van der Waals surface area (Å²) in [6, 6.07) is 13.2. The lowest BCUT2D eigenvalue weighted by Crippen LogP contribution is -2.35. The monoisotopic (exact) mass is 426 g/mol. The van der Waals surface area contributed by atoms with E-state index >= 15 is 0 Å². The van der Waals surface area contributed by atoms with Crippen LogP contribution in [0.15, 0.2) is 48.5 Å². The first kappa shape index (κ1) is 19.8. The smallest absolute Gasteiger partial charge is 0.249 e. The van der Waals surface area contributed by atoms with Crippen LogP contribution in [0.2, 0.25) is 5.02 Å². The Morgan fingerprint density at radius 3 is 2.43 bits per heavy atom. The largest absolute Gasteiger partial charge is 0.497 e. The minimum absolute atomic E-state index is 0.0261. The first-order chi connectivity index (χ1) is 14.5. The van der Waals surface area contributed by atoms with Gasteiger partial charge in [0.25, 0.3) is 0 Å². The van der Waals surface area contributed by atoms with Crippen molar-refractivity contribution < 1.29 is 19.1 Å². The molecule has 0 fully saturated rings. The molecule has 0 spiro atoms. The summed E-state index contributed by atoms with van der Waals surface area (Å²) in [5.41, 5.74) is 1.95. The molecule has 154 valence electrons. The molecule has 8 nitrogen and oxygen atoms in total. The van der Waals surface area contributed by atoms with E-state index in [4.69, 9.17) is 21.1 Å². The molecular weight excluding hydrogens is 408 g/mol. The number of anilines is 2. The zero-order chi connectivity index (χ0) is 21.3. The maximum absolute atomic E-state index is 13.0. The van der Waals surface area contributed by atoms with Gasteiger partial charge in [-0.15, -0.1) is 0 Å². The Bertz CT molecular complexity index is 1090. The van der Waals surface area contributed by atoms with E-state index in [-0.39, 0.29) is 18.2 Å². The molecule has 1 aromatic heterocycles. The zero-order valence-electron chi connectivity index (χ0n) is 16.3. The fourth-order valence-corrected chi connectivity index (χ4v) is 3.38. The molecule has 1 aliphatic rings. The summed E-state index contributed by atoms with van der Waals surface area (Å²) in [7, 11) is 3.06. The molecule has 2 amide bonds. The van der Waals surface area contributed by atoms with E-state index in [1.807, 2.05) is 12.1 Å². The molecule has 9 heteroatoms. The predicted octanol–water partition coefficient (Wildman–Crippen LogP) is 3.74. The van der Waals surface area contributed by atoms with Crippen LogP contribution in [-0.2, 0) is 9.59 Å². The second-order valence-electron chi connectivity index (χ2n) is 6.72. The van der Waals surface area contributed by atoms with Gasteiger partial charge < -0.3 is 20.1 Å². The minimum atomic E-state index is -0.799. The van der Waals surface area contributed by atoms with Crippen molar-refractivity contribution in [3.63, 3.8) is 0 Å². The Morgan fingerprint density at radius 1 is 1.13 bits per heavy atom. The summed E-state index contributed by atoms with van der Waals surface area (Å²) in [5.74, 6) is 0.909. The quantitative estimate of drug-likeness (QED) is 0.648. The second-order valence-corrected chi connectivity index (χ2v) is 7.16. The summed E-state index contributed by atoms with van der Waals surface area (Å²) in [6.07, 6.45) is -0.0261. The fourth-order valence-electron chi connectivity index (χ4n) is 3.25. The SMILES string of the molecule is COc1cc(NC(=O)[C@@H]2CC(=O)Nc3cc(-c4ccc(Cl)cc4)nn32)cc(OC)c1. The van der Waals surface area contributed by atoms with E-state index in [2.05, 4.69) is 15.7 Å². The molecule has 1 aliphatic heterocycles. The van der Waals surface area contributed by atoms with Gasteiger partial charge in [-0.1, -0.05) is 23.7 Å². The number of ether oxygens (including phenoxy) is 2. The maximum atomic E-state index is 13.0. The van der Waals surface area contributed by atoms with E-state index in [1.54, 1.807) is 36.4 Å². The fraction of sp³-hybridized carbons (Fsp3) is 0.190. The van der Waals surface area contributed by atoms with Gasteiger partial charge in [0.1, 0.15) is 23.4 Å². The number of methoxy groups -OCH3 is 2. The van der Waals surface area contributed by atoms with Crippen molar-refractivity contribution in [2.75, 3.05) is 24.9 Å². The molecule has 0 aliphatic carbocycles. The third-order valence-electron chi connectivity index (χ3n) is 4.74. The molecule has 0 radical (unpaired) electrons. The molecule has 4 rings (SSSR count). The van der Waals surface area contributed by atoms with E-state index in [0.717, 1.165) is 5.56 Å². The second kappa shape index (κ2) is 8.08. The number of nitrogens with one attached hydrogen (secondary N) is 2. The first-order valence-electron chi connectivity index (χ1n) is 9.16. The van der Waals surface area contributed by atoms with Crippen LogP contribution in [0.1, 0.15) is 12.5 Å². The van der Waals surface area contributed by atoms with E-state index in [0.29, 0.717) is 33.7 Å². The van der Waals surface area contributed by atoms with Gasteiger partial charge in [-0.3, -0.25) is 9.59 Å². The van der Waals surface area contributed by atoms with E-state index < -0.39 is 6.04 Å². The molecule has 2 aromatic carbocycles. The average Bonchev–Trinajstić information content (AvgIpc) is 3.17. The topological polar surface area (TPSA) is 94.5 Å². The number of fused-ring (bicyclic) bond motifs is 1. The molecule has 0 bridgehead atoms. The molecule has 2 heterocycles. The molecule has 0 saturated heterocycles. The molecule has 0 unspecified atom stereocenters. The predicted molar refractivity (Wildman–Crippen MR) is 113 cm³/mol. The van der Waals surface area contributed by atoms with Crippen LogP contribution in [0, 0.1) is 0 Å². The zero-order valence-corrected chi connectivity index (χ0v) is 17.1. The third kappa shape index (κ3) is 3.95. The Labute approximate surface area is 177 Å². The van der Waals surface area contributed by atoms with Crippen molar-refractivity contribution in [1.29, 1.82) is 0 Å². The van der Waals surface area contributed by atoms with Crippen LogP contribution in [0.3, 0.4) is 0 Å². The number of rotatable bonds is 5. The Balaban J connectivity index is 1.63. The minimum Gasteiger partial charge on any atom is -0.497 e. The van der Waals surface area contributed by atoms with Crippen molar-refractivity contribution in [3.05, 3.63) is 53.6 Å². The summed E-state index contributed by atoms with van der Waals surface area (Å²) < 4.78 is 12.0. The highest BCUT2D eigenvalue weighted by molar-refractivity contribution is 6.30. The van der Waals surface area contributed by atoms with Crippen molar-refractivity contribution in [3.8, 4) is 22.8 Å². The third-order valence-corrected chi connectivity index (χ3v) is 4.99. The van der Waals surface area contributed by atoms with E-state index in [1.165, 1.54) is 18.9 Å². The number of halogens is 1. The average molecular weight is 427 g/mol. The van der Waals surface area contributed by atoms with Crippen LogP contribution in [-0.4, -0.2) is 35.8 Å². The number of benzene rings is 2. The summed E-state index contributed by atoms with van der Waals surface area (Å²) in [5, 5.41) is 10.7. The van der Waals surface area contributed by atoms with Gasteiger partial charge in [-0.25, -0.2) is 4.68 Å². The lowest BCUT2D eigenvalue weighted by Gasteiger charge is -2.23. The van der Waals surface area contributed by atoms with Crippen LogP contribution in [0.5, 0.6) is 11.5 Å². The van der Waals surface area contributed by atoms with Crippen LogP contribution >= 0.6 is 11.6 Å². The van der Waals surface area contributed by atoms with Gasteiger partial charge in [0.05, 0.1) is 26.3 Å². The number of nitrogens with zero attached hydrogens (tertiary/aromatic N) is 2. The molecular formula is C21H19ClN4O4. The maximum Gasteiger partial charge on any atom is 0.249 e. The normalized spacial score (nSPS) is 15.2. The highest BCUT2D eigenvalue weighted by Crippen LogP contribution is 2.32. The number of hydrogen-bond acceptors (Lipinski definition) is 5. The lowest BCUT2D eigenvalue weighted by molar-refractivity contribution is -0.125. The van der Waals surface area contributed by atoms with Gasteiger partial charge >= 0.3 is 0 Å².